The highest BCUT2D eigenvalue weighted by molar-refractivity contribution is 6.29. The molecule has 1 unspecified atom stereocenters. The van der Waals surface area contributed by atoms with E-state index in [1.54, 1.807) is 0 Å². The van der Waals surface area contributed by atoms with Crippen molar-refractivity contribution in [3.05, 3.63) is 28.5 Å². The van der Waals surface area contributed by atoms with Crippen molar-refractivity contribution in [2.75, 3.05) is 7.05 Å². The molecular weight excluding hydrogens is 196 g/mol. The first-order valence-corrected chi connectivity index (χ1v) is 5.20. The number of hydrogen-bond acceptors (Lipinski definition) is 2. The van der Waals surface area contributed by atoms with E-state index in [9.17, 15) is 0 Å². The SMILES string of the molecule is CN=C1CC(C)Cc2ccc(Cl)nc21. The maximum absolute atomic E-state index is 5.87. The highest BCUT2D eigenvalue weighted by Gasteiger charge is 2.21. The Labute approximate surface area is 89.0 Å². The van der Waals surface area contributed by atoms with E-state index in [-0.39, 0.29) is 0 Å². The highest BCUT2D eigenvalue weighted by atomic mass is 35.5. The fourth-order valence-corrected chi connectivity index (χ4v) is 2.10. The summed E-state index contributed by atoms with van der Waals surface area (Å²) in [4.78, 5) is 8.61. The van der Waals surface area contributed by atoms with E-state index in [0.717, 1.165) is 24.2 Å². The molecule has 14 heavy (non-hydrogen) atoms. The van der Waals surface area contributed by atoms with Gasteiger partial charge in [-0.25, -0.2) is 4.98 Å². The van der Waals surface area contributed by atoms with Crippen LogP contribution in [0, 0.1) is 5.92 Å². The van der Waals surface area contributed by atoms with Gasteiger partial charge in [-0.05, 0) is 30.4 Å². The molecule has 74 valence electrons. The number of halogens is 1. The van der Waals surface area contributed by atoms with Gasteiger partial charge >= 0.3 is 0 Å². The van der Waals surface area contributed by atoms with Gasteiger partial charge in [0.2, 0.25) is 0 Å². The molecule has 3 heteroatoms. The third-order valence-electron chi connectivity index (χ3n) is 2.60. The number of aromatic nitrogens is 1. The number of hydrogen-bond donors (Lipinski definition) is 0. The predicted molar refractivity (Wildman–Crippen MR) is 59.2 cm³/mol. The first-order chi connectivity index (χ1) is 6.70. The van der Waals surface area contributed by atoms with Crippen molar-refractivity contribution in [1.29, 1.82) is 0 Å². The second-order valence-corrected chi connectivity index (χ2v) is 4.21. The number of aliphatic imine (C=N–C) groups is 1. The van der Waals surface area contributed by atoms with Gasteiger partial charge in [-0.15, -0.1) is 0 Å². The van der Waals surface area contributed by atoms with Gasteiger partial charge in [0, 0.05) is 7.05 Å². The maximum Gasteiger partial charge on any atom is 0.129 e. The fraction of sp³-hybridized carbons (Fsp3) is 0.455. The third-order valence-corrected chi connectivity index (χ3v) is 2.81. The number of nitrogens with zero attached hydrogens (tertiary/aromatic N) is 2. The summed E-state index contributed by atoms with van der Waals surface area (Å²) in [5.74, 6) is 0.657. The molecule has 0 radical (unpaired) electrons. The Morgan fingerprint density at radius 1 is 1.43 bits per heavy atom. The smallest absolute Gasteiger partial charge is 0.129 e. The van der Waals surface area contributed by atoms with Gasteiger partial charge in [0.05, 0.1) is 11.4 Å². The van der Waals surface area contributed by atoms with E-state index in [1.807, 2.05) is 13.1 Å². The summed E-state index contributed by atoms with van der Waals surface area (Å²) < 4.78 is 0. The summed E-state index contributed by atoms with van der Waals surface area (Å²) in [6.45, 7) is 2.24. The summed E-state index contributed by atoms with van der Waals surface area (Å²) in [5.41, 5.74) is 3.35. The third kappa shape index (κ3) is 1.67. The lowest BCUT2D eigenvalue weighted by molar-refractivity contribution is 0.588. The molecule has 0 aliphatic heterocycles. The van der Waals surface area contributed by atoms with Gasteiger partial charge in [0.15, 0.2) is 0 Å². The van der Waals surface area contributed by atoms with E-state index >= 15 is 0 Å². The Morgan fingerprint density at radius 2 is 2.21 bits per heavy atom. The molecule has 1 aliphatic rings. The molecule has 1 aliphatic carbocycles. The zero-order valence-electron chi connectivity index (χ0n) is 8.42. The summed E-state index contributed by atoms with van der Waals surface area (Å²) in [6, 6.07) is 3.91. The molecule has 1 atom stereocenters. The maximum atomic E-state index is 5.87. The van der Waals surface area contributed by atoms with Crippen molar-refractivity contribution < 1.29 is 0 Å². The standard InChI is InChI=1S/C11H13ClN2/c1-7-5-8-3-4-10(12)14-11(8)9(6-7)13-2/h3-4,7H,5-6H2,1-2H3. The molecule has 2 nitrogen and oxygen atoms in total. The average Bonchev–Trinajstić information content (AvgIpc) is 2.17. The van der Waals surface area contributed by atoms with Crippen LogP contribution < -0.4 is 0 Å². The van der Waals surface area contributed by atoms with Crippen LogP contribution in [-0.4, -0.2) is 17.7 Å². The van der Waals surface area contributed by atoms with Crippen molar-refractivity contribution in [1.82, 2.24) is 4.98 Å². The second kappa shape index (κ2) is 3.70. The topological polar surface area (TPSA) is 25.2 Å². The van der Waals surface area contributed by atoms with E-state index in [4.69, 9.17) is 11.6 Å². The molecule has 2 rings (SSSR count). The predicted octanol–water partition coefficient (Wildman–Crippen LogP) is 2.74. The molecule has 0 aromatic carbocycles. The van der Waals surface area contributed by atoms with Gasteiger partial charge in [-0.1, -0.05) is 24.6 Å². The summed E-state index contributed by atoms with van der Waals surface area (Å²) in [7, 11) is 1.82. The van der Waals surface area contributed by atoms with Gasteiger partial charge < -0.3 is 0 Å². The van der Waals surface area contributed by atoms with Crippen LogP contribution in [-0.2, 0) is 6.42 Å². The van der Waals surface area contributed by atoms with Crippen LogP contribution >= 0.6 is 11.6 Å². The van der Waals surface area contributed by atoms with E-state index in [0.29, 0.717) is 11.1 Å². The van der Waals surface area contributed by atoms with Crippen molar-refractivity contribution >= 4 is 17.3 Å². The van der Waals surface area contributed by atoms with Gasteiger partial charge in [-0.2, -0.15) is 0 Å². The molecule has 1 heterocycles. The molecule has 0 saturated heterocycles. The van der Waals surface area contributed by atoms with E-state index < -0.39 is 0 Å². The molecular formula is C11H13ClN2. The average molecular weight is 209 g/mol. The van der Waals surface area contributed by atoms with E-state index in [2.05, 4.69) is 23.0 Å². The number of pyridine rings is 1. The van der Waals surface area contributed by atoms with Crippen molar-refractivity contribution in [2.45, 2.75) is 19.8 Å². The molecule has 0 N–H and O–H groups in total. The second-order valence-electron chi connectivity index (χ2n) is 3.83. The van der Waals surface area contributed by atoms with Gasteiger partial charge in [0.1, 0.15) is 5.15 Å². The minimum absolute atomic E-state index is 0.555. The van der Waals surface area contributed by atoms with Crippen molar-refractivity contribution in [3.8, 4) is 0 Å². The van der Waals surface area contributed by atoms with Crippen LogP contribution in [0.2, 0.25) is 5.15 Å². The Morgan fingerprint density at radius 3 is 2.93 bits per heavy atom. The van der Waals surface area contributed by atoms with Crippen molar-refractivity contribution in [2.24, 2.45) is 10.9 Å². The van der Waals surface area contributed by atoms with Crippen molar-refractivity contribution in [3.63, 3.8) is 0 Å². The number of fused-ring (bicyclic) bond motifs is 1. The Bertz CT molecular complexity index is 385. The lowest BCUT2D eigenvalue weighted by Gasteiger charge is -2.22. The first kappa shape index (κ1) is 9.66. The molecule has 1 aromatic heterocycles. The quantitative estimate of drug-likeness (QED) is 0.602. The normalized spacial score (nSPS) is 23.6. The molecule has 0 bridgehead atoms. The summed E-state index contributed by atoms with van der Waals surface area (Å²) in [6.07, 6.45) is 2.09. The number of rotatable bonds is 0. The fourth-order valence-electron chi connectivity index (χ4n) is 1.95. The van der Waals surface area contributed by atoms with Crippen LogP contribution in [0.25, 0.3) is 0 Å². The zero-order chi connectivity index (χ0) is 10.1. The summed E-state index contributed by atoms with van der Waals surface area (Å²) >= 11 is 5.87. The molecule has 0 amide bonds. The Balaban J connectivity index is 2.52. The Kier molecular flexibility index (Phi) is 2.55. The molecule has 0 saturated carbocycles. The largest absolute Gasteiger partial charge is 0.291 e. The monoisotopic (exact) mass is 208 g/mol. The van der Waals surface area contributed by atoms with Crippen LogP contribution in [0.3, 0.4) is 0 Å². The zero-order valence-corrected chi connectivity index (χ0v) is 9.17. The van der Waals surface area contributed by atoms with Crippen LogP contribution in [0.5, 0.6) is 0 Å². The van der Waals surface area contributed by atoms with Crippen LogP contribution in [0.4, 0.5) is 0 Å². The first-order valence-electron chi connectivity index (χ1n) is 4.82. The van der Waals surface area contributed by atoms with E-state index in [1.165, 1.54) is 5.56 Å². The lowest BCUT2D eigenvalue weighted by Crippen LogP contribution is -2.20. The minimum atomic E-state index is 0.555. The lowest BCUT2D eigenvalue weighted by atomic mass is 9.86. The summed E-state index contributed by atoms with van der Waals surface area (Å²) in [5, 5.41) is 0.555. The highest BCUT2D eigenvalue weighted by Crippen LogP contribution is 2.25. The minimum Gasteiger partial charge on any atom is -0.291 e. The van der Waals surface area contributed by atoms with Gasteiger partial charge in [0.25, 0.3) is 0 Å². The molecule has 0 spiro atoms. The molecule has 0 fully saturated rings. The van der Waals surface area contributed by atoms with Crippen LogP contribution in [0.1, 0.15) is 24.6 Å². The molecule has 1 aromatic rings. The Hall–Kier alpha value is -0.890. The van der Waals surface area contributed by atoms with Gasteiger partial charge in [-0.3, -0.25) is 4.99 Å². The van der Waals surface area contributed by atoms with Crippen LogP contribution in [0.15, 0.2) is 17.1 Å².